The molecule has 0 fully saturated rings. The number of ether oxygens (including phenoxy) is 3. The van der Waals surface area contributed by atoms with E-state index in [1.807, 2.05) is 0 Å². The number of methoxy groups -OCH3 is 1. The molecule has 0 radical (unpaired) electrons. The number of carbonyl (C=O) groups is 1. The van der Waals surface area contributed by atoms with Crippen LogP contribution in [0.15, 0.2) is 18.2 Å². The molecule has 1 aromatic rings. The molecule has 0 unspecified atom stereocenters. The van der Waals surface area contributed by atoms with Crippen molar-refractivity contribution < 1.29 is 19.0 Å². The third-order valence-electron chi connectivity index (χ3n) is 2.12. The number of nitrogens with two attached hydrogens (primary N) is 1. The lowest BCUT2D eigenvalue weighted by Gasteiger charge is -2.11. The number of carbonyl (C=O) groups excluding carboxylic acids is 1. The predicted octanol–water partition coefficient (Wildman–Crippen LogP) is 1.66. The van der Waals surface area contributed by atoms with Crippen LogP contribution in [0, 0.1) is 0 Å². The van der Waals surface area contributed by atoms with E-state index < -0.39 is 5.97 Å². The molecule has 0 spiro atoms. The van der Waals surface area contributed by atoms with Gasteiger partial charge < -0.3 is 19.9 Å². The molecule has 6 heteroatoms. The average Bonchev–Trinajstić information content (AvgIpc) is 2.35. The van der Waals surface area contributed by atoms with Gasteiger partial charge in [0.05, 0.1) is 13.2 Å². The maximum Gasteiger partial charge on any atom is 0.344 e. The van der Waals surface area contributed by atoms with Crippen LogP contribution in [0.1, 0.15) is 19.4 Å². The van der Waals surface area contributed by atoms with Gasteiger partial charge in [0, 0.05) is 11.6 Å². The van der Waals surface area contributed by atoms with E-state index >= 15 is 0 Å². The third kappa shape index (κ3) is 5.13. The predicted molar refractivity (Wildman–Crippen MR) is 75.6 cm³/mol. The quantitative estimate of drug-likeness (QED) is 0.632. The molecule has 0 saturated carbocycles. The molecule has 0 aliphatic heterocycles. The minimum absolute atomic E-state index is 0.173. The Kier molecular flexibility index (Phi) is 5.57. The molecule has 0 atom stereocenters. The van der Waals surface area contributed by atoms with Crippen LogP contribution in [0.2, 0.25) is 0 Å². The molecule has 5 nitrogen and oxygen atoms in total. The molecule has 104 valence electrons. The summed E-state index contributed by atoms with van der Waals surface area (Å²) in [4.78, 5) is 11.6. The van der Waals surface area contributed by atoms with Gasteiger partial charge in [-0.3, -0.25) is 0 Å². The van der Waals surface area contributed by atoms with Crippen LogP contribution in [0.4, 0.5) is 0 Å². The fourth-order valence-electron chi connectivity index (χ4n) is 1.35. The number of benzene rings is 1. The Hall–Kier alpha value is -1.82. The van der Waals surface area contributed by atoms with Gasteiger partial charge in [0.15, 0.2) is 6.61 Å². The maximum atomic E-state index is 11.4. The van der Waals surface area contributed by atoms with E-state index in [0.717, 1.165) is 0 Å². The summed E-state index contributed by atoms with van der Waals surface area (Å²) in [7, 11) is 1.52. The number of esters is 1. The number of rotatable bonds is 6. The van der Waals surface area contributed by atoms with Gasteiger partial charge in [-0.25, -0.2) is 4.79 Å². The Labute approximate surface area is 117 Å². The molecule has 0 amide bonds. The molecule has 0 bridgehead atoms. The van der Waals surface area contributed by atoms with Gasteiger partial charge in [0.2, 0.25) is 0 Å². The van der Waals surface area contributed by atoms with Gasteiger partial charge in [-0.05, 0) is 26.0 Å². The van der Waals surface area contributed by atoms with E-state index in [0.29, 0.717) is 17.1 Å². The summed E-state index contributed by atoms with van der Waals surface area (Å²) in [5, 5.41) is 0. The summed E-state index contributed by atoms with van der Waals surface area (Å²) in [5.41, 5.74) is 6.17. The van der Waals surface area contributed by atoms with Gasteiger partial charge in [0.25, 0.3) is 0 Å². The smallest absolute Gasteiger partial charge is 0.344 e. The minimum atomic E-state index is -0.435. The van der Waals surface area contributed by atoms with Crippen LogP contribution in [0.5, 0.6) is 11.5 Å². The van der Waals surface area contributed by atoms with Crippen LogP contribution in [0.25, 0.3) is 0 Å². The molecule has 0 aromatic heterocycles. The lowest BCUT2D eigenvalue weighted by atomic mass is 10.2. The van der Waals surface area contributed by atoms with Crippen LogP contribution >= 0.6 is 12.2 Å². The third-order valence-corrected chi connectivity index (χ3v) is 2.36. The van der Waals surface area contributed by atoms with E-state index in [1.54, 1.807) is 32.0 Å². The molecule has 0 saturated heterocycles. The minimum Gasteiger partial charge on any atom is -0.497 e. The highest BCUT2D eigenvalue weighted by molar-refractivity contribution is 7.80. The van der Waals surface area contributed by atoms with Gasteiger partial charge in [-0.2, -0.15) is 0 Å². The van der Waals surface area contributed by atoms with Gasteiger partial charge in [-0.1, -0.05) is 12.2 Å². The SMILES string of the molecule is COc1cc(OCC(=O)OC(C)C)cc(C(N)=S)c1. The van der Waals surface area contributed by atoms with Crippen molar-refractivity contribution in [1.82, 2.24) is 0 Å². The summed E-state index contributed by atoms with van der Waals surface area (Å²) < 4.78 is 15.4. The Bertz CT molecular complexity index is 474. The highest BCUT2D eigenvalue weighted by Gasteiger charge is 2.09. The highest BCUT2D eigenvalue weighted by Crippen LogP contribution is 2.22. The van der Waals surface area contributed by atoms with Crippen molar-refractivity contribution >= 4 is 23.2 Å². The molecule has 1 rings (SSSR count). The fraction of sp³-hybridized carbons (Fsp3) is 0.385. The summed E-state index contributed by atoms with van der Waals surface area (Å²) in [6, 6.07) is 4.99. The zero-order valence-corrected chi connectivity index (χ0v) is 12.0. The van der Waals surface area contributed by atoms with E-state index in [9.17, 15) is 4.79 Å². The summed E-state index contributed by atoms with van der Waals surface area (Å²) in [6.45, 7) is 3.37. The van der Waals surface area contributed by atoms with Crippen molar-refractivity contribution in [2.75, 3.05) is 13.7 Å². The Morgan fingerprint density at radius 1 is 1.32 bits per heavy atom. The summed E-state index contributed by atoms with van der Waals surface area (Å²) in [6.07, 6.45) is -0.173. The van der Waals surface area contributed by atoms with Crippen LogP contribution < -0.4 is 15.2 Å². The van der Waals surface area contributed by atoms with Crippen molar-refractivity contribution in [3.63, 3.8) is 0 Å². The van der Waals surface area contributed by atoms with Crippen molar-refractivity contribution in [3.8, 4) is 11.5 Å². The topological polar surface area (TPSA) is 70.8 Å². The standard InChI is InChI=1S/C13H17NO4S/c1-8(2)18-12(15)7-17-11-5-9(13(14)19)4-10(6-11)16-3/h4-6,8H,7H2,1-3H3,(H2,14,19). The fourth-order valence-corrected chi connectivity index (χ4v) is 1.47. The number of hydrogen-bond acceptors (Lipinski definition) is 5. The number of hydrogen-bond donors (Lipinski definition) is 1. The average molecular weight is 283 g/mol. The van der Waals surface area contributed by atoms with E-state index in [2.05, 4.69) is 0 Å². The van der Waals surface area contributed by atoms with E-state index in [4.69, 9.17) is 32.2 Å². The molecular formula is C13H17NO4S. The van der Waals surface area contributed by atoms with Gasteiger partial charge >= 0.3 is 5.97 Å². The molecule has 0 aliphatic carbocycles. The molecule has 0 aliphatic rings. The van der Waals surface area contributed by atoms with Crippen molar-refractivity contribution in [1.29, 1.82) is 0 Å². The molecule has 1 aromatic carbocycles. The van der Waals surface area contributed by atoms with Gasteiger partial charge in [-0.15, -0.1) is 0 Å². The largest absolute Gasteiger partial charge is 0.497 e. The highest BCUT2D eigenvalue weighted by atomic mass is 32.1. The molecule has 2 N–H and O–H groups in total. The van der Waals surface area contributed by atoms with Crippen molar-refractivity contribution in [3.05, 3.63) is 23.8 Å². The first-order valence-corrected chi connectivity index (χ1v) is 6.14. The summed E-state index contributed by atoms with van der Waals surface area (Å²) in [5.74, 6) is 0.565. The second kappa shape index (κ2) is 6.94. The second-order valence-corrected chi connectivity index (χ2v) is 4.53. The van der Waals surface area contributed by atoms with Gasteiger partial charge in [0.1, 0.15) is 16.5 Å². The Morgan fingerprint density at radius 2 is 1.95 bits per heavy atom. The summed E-state index contributed by atoms with van der Waals surface area (Å²) >= 11 is 4.90. The van der Waals surface area contributed by atoms with E-state index in [1.165, 1.54) is 7.11 Å². The lowest BCUT2D eigenvalue weighted by Crippen LogP contribution is -2.19. The van der Waals surface area contributed by atoms with E-state index in [-0.39, 0.29) is 17.7 Å². The lowest BCUT2D eigenvalue weighted by molar-refractivity contribution is -0.149. The second-order valence-electron chi connectivity index (χ2n) is 4.09. The first-order valence-electron chi connectivity index (χ1n) is 5.73. The maximum absolute atomic E-state index is 11.4. The first kappa shape index (κ1) is 15.2. The Balaban J connectivity index is 2.75. The zero-order valence-electron chi connectivity index (χ0n) is 11.1. The van der Waals surface area contributed by atoms with Crippen LogP contribution in [-0.4, -0.2) is 30.8 Å². The van der Waals surface area contributed by atoms with Crippen LogP contribution in [0.3, 0.4) is 0 Å². The van der Waals surface area contributed by atoms with Crippen LogP contribution in [-0.2, 0) is 9.53 Å². The Morgan fingerprint density at radius 3 is 2.47 bits per heavy atom. The molecule has 0 heterocycles. The molecule has 19 heavy (non-hydrogen) atoms. The normalized spacial score (nSPS) is 10.1. The zero-order chi connectivity index (χ0) is 14.4. The number of thiocarbonyl (C=S) groups is 1. The monoisotopic (exact) mass is 283 g/mol. The van der Waals surface area contributed by atoms with Crippen molar-refractivity contribution in [2.45, 2.75) is 20.0 Å². The first-order chi connectivity index (χ1) is 8.92. The van der Waals surface area contributed by atoms with Crippen molar-refractivity contribution in [2.24, 2.45) is 5.73 Å². The molecular weight excluding hydrogens is 266 g/mol.